The summed E-state index contributed by atoms with van der Waals surface area (Å²) in [6, 6.07) is 6.89. The molecule has 17 heavy (non-hydrogen) atoms. The van der Waals surface area contributed by atoms with E-state index in [2.05, 4.69) is 0 Å². The largest absolute Gasteiger partial charge is 0.481 e. The van der Waals surface area contributed by atoms with Gasteiger partial charge in [-0.25, -0.2) is 0 Å². The van der Waals surface area contributed by atoms with E-state index in [1.807, 2.05) is 0 Å². The smallest absolute Gasteiger partial charge is 0.314 e. The van der Waals surface area contributed by atoms with Crippen molar-refractivity contribution in [3.63, 3.8) is 0 Å². The summed E-state index contributed by atoms with van der Waals surface area (Å²) in [6.45, 7) is 0. The number of carboxylic acids is 1. The molecule has 0 radical (unpaired) electrons. The van der Waals surface area contributed by atoms with Gasteiger partial charge in [-0.2, -0.15) is 0 Å². The molecule has 0 heterocycles. The van der Waals surface area contributed by atoms with Crippen LogP contribution in [0.25, 0.3) is 0 Å². The third-order valence-corrected chi connectivity index (χ3v) is 3.25. The Hall–Kier alpha value is -1.84. The summed E-state index contributed by atoms with van der Waals surface area (Å²) >= 11 is 0. The fraction of sp³-hybridized carbons (Fsp3) is 0.385. The average molecular weight is 233 g/mol. The van der Waals surface area contributed by atoms with Crippen molar-refractivity contribution in [2.75, 3.05) is 14.1 Å². The van der Waals surface area contributed by atoms with Crippen molar-refractivity contribution in [2.24, 2.45) is 0 Å². The monoisotopic (exact) mass is 233 g/mol. The van der Waals surface area contributed by atoms with E-state index in [0.29, 0.717) is 18.4 Å². The molecular formula is C13H15NO3. The molecule has 1 amide bonds. The Morgan fingerprint density at radius 3 is 2.06 bits per heavy atom. The van der Waals surface area contributed by atoms with Crippen molar-refractivity contribution in [1.82, 2.24) is 4.90 Å². The molecule has 1 aromatic rings. The molecule has 0 aromatic heterocycles. The van der Waals surface area contributed by atoms with Gasteiger partial charge in [0.15, 0.2) is 0 Å². The maximum Gasteiger partial charge on any atom is 0.314 e. The molecule has 2 rings (SSSR count). The van der Waals surface area contributed by atoms with Gasteiger partial charge in [0.2, 0.25) is 0 Å². The number of amides is 1. The fourth-order valence-electron chi connectivity index (χ4n) is 1.94. The highest BCUT2D eigenvalue weighted by Crippen LogP contribution is 2.48. The number of benzene rings is 1. The molecule has 4 nitrogen and oxygen atoms in total. The molecule has 1 fully saturated rings. The second-order valence-electron chi connectivity index (χ2n) is 4.66. The molecule has 1 aliphatic rings. The number of carbonyl (C=O) groups excluding carboxylic acids is 1. The zero-order valence-electron chi connectivity index (χ0n) is 9.93. The normalized spacial score (nSPS) is 16.4. The minimum absolute atomic E-state index is 0.0725. The summed E-state index contributed by atoms with van der Waals surface area (Å²) in [6.07, 6.45) is 1.37. The number of hydrogen-bond donors (Lipinski definition) is 1. The maximum absolute atomic E-state index is 11.7. The molecule has 1 aromatic carbocycles. The highest BCUT2D eigenvalue weighted by Gasteiger charge is 2.51. The van der Waals surface area contributed by atoms with Crippen molar-refractivity contribution in [3.05, 3.63) is 35.4 Å². The van der Waals surface area contributed by atoms with Crippen LogP contribution in [0.15, 0.2) is 24.3 Å². The molecule has 0 atom stereocenters. The Morgan fingerprint density at radius 1 is 1.18 bits per heavy atom. The Balaban J connectivity index is 2.25. The van der Waals surface area contributed by atoms with Crippen LogP contribution in [0.4, 0.5) is 0 Å². The van der Waals surface area contributed by atoms with E-state index >= 15 is 0 Å². The minimum Gasteiger partial charge on any atom is -0.481 e. The van der Waals surface area contributed by atoms with Crippen molar-refractivity contribution < 1.29 is 14.7 Å². The summed E-state index contributed by atoms with van der Waals surface area (Å²) in [5.41, 5.74) is 0.680. The van der Waals surface area contributed by atoms with E-state index in [0.717, 1.165) is 5.56 Å². The second-order valence-corrected chi connectivity index (χ2v) is 4.66. The summed E-state index contributed by atoms with van der Waals surface area (Å²) < 4.78 is 0. The van der Waals surface area contributed by atoms with Crippen LogP contribution in [0, 0.1) is 0 Å². The van der Waals surface area contributed by atoms with Gasteiger partial charge in [0.25, 0.3) is 5.91 Å². The predicted octanol–water partition coefficient (Wildman–Crippen LogP) is 1.50. The molecule has 0 unspecified atom stereocenters. The van der Waals surface area contributed by atoms with Crippen LogP contribution in [0.1, 0.15) is 28.8 Å². The molecular weight excluding hydrogens is 218 g/mol. The lowest BCUT2D eigenvalue weighted by Gasteiger charge is -2.13. The Bertz CT molecular complexity index is 458. The van der Waals surface area contributed by atoms with Gasteiger partial charge in [0.1, 0.15) is 0 Å². The average Bonchev–Trinajstić information content (AvgIpc) is 3.09. The van der Waals surface area contributed by atoms with Gasteiger partial charge in [-0.3, -0.25) is 9.59 Å². The molecule has 0 saturated heterocycles. The highest BCUT2D eigenvalue weighted by atomic mass is 16.4. The zero-order chi connectivity index (χ0) is 12.6. The lowest BCUT2D eigenvalue weighted by Crippen LogP contribution is -2.22. The van der Waals surface area contributed by atoms with E-state index in [-0.39, 0.29) is 5.91 Å². The lowest BCUT2D eigenvalue weighted by molar-refractivity contribution is -0.140. The quantitative estimate of drug-likeness (QED) is 0.860. The highest BCUT2D eigenvalue weighted by molar-refractivity contribution is 5.94. The minimum atomic E-state index is -0.774. The van der Waals surface area contributed by atoms with Gasteiger partial charge in [0, 0.05) is 19.7 Å². The van der Waals surface area contributed by atoms with Gasteiger partial charge < -0.3 is 10.0 Å². The van der Waals surface area contributed by atoms with E-state index in [9.17, 15) is 9.59 Å². The van der Waals surface area contributed by atoms with Crippen molar-refractivity contribution in [1.29, 1.82) is 0 Å². The molecule has 1 saturated carbocycles. The number of carbonyl (C=O) groups is 2. The van der Waals surface area contributed by atoms with Crippen LogP contribution in [0.5, 0.6) is 0 Å². The van der Waals surface area contributed by atoms with Crippen molar-refractivity contribution >= 4 is 11.9 Å². The zero-order valence-corrected chi connectivity index (χ0v) is 9.93. The van der Waals surface area contributed by atoms with E-state index in [1.165, 1.54) is 4.90 Å². The van der Waals surface area contributed by atoms with Gasteiger partial charge in [-0.15, -0.1) is 0 Å². The van der Waals surface area contributed by atoms with Crippen molar-refractivity contribution in [3.8, 4) is 0 Å². The van der Waals surface area contributed by atoms with Gasteiger partial charge in [0.05, 0.1) is 5.41 Å². The molecule has 1 aliphatic carbocycles. The van der Waals surface area contributed by atoms with Crippen LogP contribution in [-0.2, 0) is 10.2 Å². The summed E-state index contributed by atoms with van der Waals surface area (Å²) in [5, 5.41) is 9.15. The molecule has 4 heteroatoms. The maximum atomic E-state index is 11.7. The SMILES string of the molecule is CN(C)C(=O)c1ccc(C2(C(=O)O)CC2)cc1. The van der Waals surface area contributed by atoms with Crippen molar-refractivity contribution in [2.45, 2.75) is 18.3 Å². The number of nitrogens with zero attached hydrogens (tertiary/aromatic N) is 1. The topological polar surface area (TPSA) is 57.6 Å². The first-order valence-corrected chi connectivity index (χ1v) is 5.53. The molecule has 1 N–H and O–H groups in total. The second kappa shape index (κ2) is 3.87. The van der Waals surface area contributed by atoms with Gasteiger partial charge >= 0.3 is 5.97 Å². The van der Waals surface area contributed by atoms with E-state index < -0.39 is 11.4 Å². The van der Waals surface area contributed by atoms with Gasteiger partial charge in [-0.05, 0) is 30.5 Å². The van der Waals surface area contributed by atoms with E-state index in [4.69, 9.17) is 5.11 Å². The Morgan fingerprint density at radius 2 is 1.71 bits per heavy atom. The number of hydrogen-bond acceptors (Lipinski definition) is 2. The van der Waals surface area contributed by atoms with Crippen LogP contribution in [-0.4, -0.2) is 36.0 Å². The summed E-state index contributed by atoms with van der Waals surface area (Å²) in [4.78, 5) is 24.3. The standard InChI is InChI=1S/C13H15NO3/c1-14(2)11(15)9-3-5-10(6-4-9)13(7-8-13)12(16)17/h3-6H,7-8H2,1-2H3,(H,16,17). The van der Waals surface area contributed by atoms with E-state index in [1.54, 1.807) is 38.4 Å². The summed E-state index contributed by atoms with van der Waals surface area (Å²) in [7, 11) is 3.38. The molecule has 0 bridgehead atoms. The number of rotatable bonds is 3. The third kappa shape index (κ3) is 1.90. The molecule has 0 spiro atoms. The third-order valence-electron chi connectivity index (χ3n) is 3.25. The fourth-order valence-corrected chi connectivity index (χ4v) is 1.94. The molecule has 0 aliphatic heterocycles. The van der Waals surface area contributed by atoms with Gasteiger partial charge in [-0.1, -0.05) is 12.1 Å². The first-order valence-electron chi connectivity index (χ1n) is 5.53. The first-order chi connectivity index (χ1) is 7.97. The Labute approximate surface area is 99.9 Å². The number of aliphatic carboxylic acids is 1. The van der Waals surface area contributed by atoms with Crippen LogP contribution < -0.4 is 0 Å². The first kappa shape index (κ1) is 11.6. The van der Waals surface area contributed by atoms with Crippen LogP contribution >= 0.6 is 0 Å². The van der Waals surface area contributed by atoms with Crippen LogP contribution in [0.3, 0.4) is 0 Å². The Kier molecular flexibility index (Phi) is 2.65. The lowest BCUT2D eigenvalue weighted by atomic mass is 9.95. The predicted molar refractivity (Wildman–Crippen MR) is 63.0 cm³/mol. The summed E-state index contributed by atoms with van der Waals surface area (Å²) in [5.74, 6) is -0.846. The van der Waals surface area contributed by atoms with Crippen LogP contribution in [0.2, 0.25) is 0 Å². The number of carboxylic acid groups (broad SMARTS) is 1. The molecule has 90 valence electrons.